The van der Waals surface area contributed by atoms with Crippen LogP contribution in [0.15, 0.2) is 11.7 Å². The third-order valence-corrected chi connectivity index (χ3v) is 3.89. The van der Waals surface area contributed by atoms with Crippen molar-refractivity contribution in [3.05, 3.63) is 33.7 Å². The maximum atomic E-state index is 10.5. The van der Waals surface area contributed by atoms with Gasteiger partial charge >= 0.3 is 0 Å². The molecule has 2 aromatic heterocycles. The van der Waals surface area contributed by atoms with Crippen LogP contribution in [0.25, 0.3) is 0 Å². The molecule has 0 saturated heterocycles. The number of aldehydes is 1. The molecule has 2 aromatic rings. The molecule has 18 heavy (non-hydrogen) atoms. The average molecular weight is 263 g/mol. The van der Waals surface area contributed by atoms with E-state index in [1.54, 1.807) is 17.5 Å². The number of aromatic nitrogens is 3. The highest BCUT2D eigenvalue weighted by Gasteiger charge is 2.16. The molecule has 0 aromatic carbocycles. The lowest BCUT2D eigenvalue weighted by molar-refractivity contribution is -0.689. The Morgan fingerprint density at radius 2 is 2.28 bits per heavy atom. The van der Waals surface area contributed by atoms with Gasteiger partial charge in [0.2, 0.25) is 5.51 Å². The van der Waals surface area contributed by atoms with Gasteiger partial charge in [-0.1, -0.05) is 11.3 Å². The van der Waals surface area contributed by atoms with Gasteiger partial charge in [0.25, 0.3) is 0 Å². The summed E-state index contributed by atoms with van der Waals surface area (Å²) < 4.78 is 2.06. The number of nitrogen functional groups attached to an aromatic ring is 1. The molecular weight excluding hydrogens is 248 g/mol. The summed E-state index contributed by atoms with van der Waals surface area (Å²) in [4.78, 5) is 19.9. The first-order valence-corrected chi connectivity index (χ1v) is 6.47. The molecule has 2 N–H and O–H groups in total. The third-order valence-electron chi connectivity index (χ3n) is 2.78. The van der Waals surface area contributed by atoms with Gasteiger partial charge < -0.3 is 10.5 Å². The zero-order valence-corrected chi connectivity index (χ0v) is 11.2. The molecule has 0 bridgehead atoms. The Morgan fingerprint density at radius 1 is 1.50 bits per heavy atom. The number of carbonyl (C=O) groups is 1. The van der Waals surface area contributed by atoms with Gasteiger partial charge in [-0.25, -0.2) is 9.97 Å². The minimum atomic E-state index is 0.462. The van der Waals surface area contributed by atoms with Crippen LogP contribution in [-0.2, 0) is 17.8 Å². The van der Waals surface area contributed by atoms with E-state index < -0.39 is 0 Å². The van der Waals surface area contributed by atoms with Crippen molar-refractivity contribution in [1.29, 1.82) is 0 Å². The van der Waals surface area contributed by atoms with E-state index in [0.717, 1.165) is 22.4 Å². The van der Waals surface area contributed by atoms with Crippen molar-refractivity contribution in [1.82, 2.24) is 9.97 Å². The normalized spacial score (nSPS) is 10.6. The molecule has 0 saturated carbocycles. The fourth-order valence-electron chi connectivity index (χ4n) is 1.70. The first kappa shape index (κ1) is 12.6. The summed E-state index contributed by atoms with van der Waals surface area (Å²) in [6, 6.07) is 0. The molecule has 0 radical (unpaired) electrons. The van der Waals surface area contributed by atoms with E-state index in [1.807, 2.05) is 19.4 Å². The first-order valence-electron chi connectivity index (χ1n) is 5.60. The molecule has 6 heteroatoms. The van der Waals surface area contributed by atoms with Crippen molar-refractivity contribution in [2.75, 3.05) is 5.73 Å². The molecular formula is C12H15N4OS+. The Kier molecular flexibility index (Phi) is 3.66. The van der Waals surface area contributed by atoms with E-state index >= 15 is 0 Å². The molecule has 0 spiro atoms. The molecule has 0 aliphatic heterocycles. The second-order valence-electron chi connectivity index (χ2n) is 4.06. The van der Waals surface area contributed by atoms with Gasteiger partial charge in [-0.15, -0.1) is 0 Å². The quantitative estimate of drug-likeness (QED) is 0.654. The van der Waals surface area contributed by atoms with Crippen molar-refractivity contribution in [3.63, 3.8) is 0 Å². The predicted octanol–water partition coefficient (Wildman–Crippen LogP) is 0.814. The lowest BCUT2D eigenvalue weighted by Gasteiger charge is -2.01. The second kappa shape index (κ2) is 5.22. The maximum Gasteiger partial charge on any atom is 0.225 e. The number of hydrogen-bond acceptors (Lipinski definition) is 5. The van der Waals surface area contributed by atoms with E-state index in [1.165, 1.54) is 0 Å². The SMILES string of the molecule is Cc1ncc(C[n+]2csc(CC=O)c2C)c(N)n1. The van der Waals surface area contributed by atoms with Crippen molar-refractivity contribution < 1.29 is 9.36 Å². The Hall–Kier alpha value is -1.82. The monoisotopic (exact) mass is 263 g/mol. The zero-order valence-electron chi connectivity index (χ0n) is 10.4. The van der Waals surface area contributed by atoms with Crippen molar-refractivity contribution in [2.24, 2.45) is 0 Å². The second-order valence-corrected chi connectivity index (χ2v) is 5.00. The summed E-state index contributed by atoms with van der Waals surface area (Å²) in [7, 11) is 0. The summed E-state index contributed by atoms with van der Waals surface area (Å²) in [5.41, 5.74) is 9.84. The lowest BCUT2D eigenvalue weighted by Crippen LogP contribution is -2.35. The van der Waals surface area contributed by atoms with Gasteiger partial charge in [0.15, 0.2) is 12.2 Å². The van der Waals surface area contributed by atoms with Gasteiger partial charge in [-0.2, -0.15) is 4.57 Å². The van der Waals surface area contributed by atoms with E-state index in [4.69, 9.17) is 5.73 Å². The van der Waals surface area contributed by atoms with Crippen LogP contribution in [0.2, 0.25) is 0 Å². The molecule has 2 rings (SSSR count). The van der Waals surface area contributed by atoms with Gasteiger partial charge in [-0.3, -0.25) is 0 Å². The highest BCUT2D eigenvalue weighted by molar-refractivity contribution is 7.09. The Labute approximate surface area is 109 Å². The van der Waals surface area contributed by atoms with Crippen LogP contribution in [0, 0.1) is 13.8 Å². The zero-order chi connectivity index (χ0) is 13.1. The number of rotatable bonds is 4. The van der Waals surface area contributed by atoms with Crippen LogP contribution in [-0.4, -0.2) is 16.3 Å². The molecule has 0 amide bonds. The van der Waals surface area contributed by atoms with Crippen LogP contribution in [0.4, 0.5) is 5.82 Å². The molecule has 0 aliphatic carbocycles. The number of hydrogen-bond donors (Lipinski definition) is 1. The largest absolute Gasteiger partial charge is 0.383 e. The van der Waals surface area contributed by atoms with E-state index in [-0.39, 0.29) is 0 Å². The highest BCUT2D eigenvalue weighted by atomic mass is 32.1. The summed E-state index contributed by atoms with van der Waals surface area (Å²) in [5, 5.41) is 0. The van der Waals surface area contributed by atoms with E-state index in [0.29, 0.717) is 24.6 Å². The minimum Gasteiger partial charge on any atom is -0.383 e. The van der Waals surface area contributed by atoms with Crippen molar-refractivity contribution >= 4 is 23.4 Å². The summed E-state index contributed by atoms with van der Waals surface area (Å²) in [6.45, 7) is 4.44. The summed E-state index contributed by atoms with van der Waals surface area (Å²) >= 11 is 1.58. The lowest BCUT2D eigenvalue weighted by atomic mass is 10.2. The smallest absolute Gasteiger partial charge is 0.225 e. The van der Waals surface area contributed by atoms with E-state index in [2.05, 4.69) is 14.5 Å². The Bertz CT molecular complexity index is 579. The summed E-state index contributed by atoms with van der Waals surface area (Å²) in [5.74, 6) is 1.18. The number of carbonyl (C=O) groups excluding carboxylic acids is 1. The van der Waals surface area contributed by atoms with Gasteiger partial charge in [0.05, 0.1) is 10.4 Å². The number of nitrogens with zero attached hydrogens (tertiary/aromatic N) is 3. The maximum absolute atomic E-state index is 10.5. The molecule has 0 aliphatic rings. The minimum absolute atomic E-state index is 0.462. The fourth-order valence-corrected chi connectivity index (χ4v) is 2.64. The van der Waals surface area contributed by atoms with Crippen LogP contribution in [0.5, 0.6) is 0 Å². The summed E-state index contributed by atoms with van der Waals surface area (Å²) in [6.07, 6.45) is 3.14. The standard InChI is InChI=1S/C12H15N4OS/c1-8-11(3-4-17)18-7-16(8)6-10-5-14-9(2)15-12(10)13/h4-5,7H,3,6H2,1-2H3,(H2,13,14,15)/q+1. The molecule has 2 heterocycles. The van der Waals surface area contributed by atoms with Gasteiger partial charge in [0, 0.05) is 19.5 Å². The Morgan fingerprint density at radius 3 is 2.94 bits per heavy atom. The topological polar surface area (TPSA) is 72.8 Å². The van der Waals surface area contributed by atoms with Gasteiger partial charge in [0.1, 0.15) is 17.9 Å². The number of nitrogens with two attached hydrogens (primary N) is 1. The van der Waals surface area contributed by atoms with Gasteiger partial charge in [-0.05, 0) is 6.92 Å². The predicted molar refractivity (Wildman–Crippen MR) is 69.3 cm³/mol. The number of thiazole rings is 1. The number of aryl methyl sites for hydroxylation is 1. The number of anilines is 1. The fraction of sp³-hybridized carbons (Fsp3) is 0.333. The van der Waals surface area contributed by atoms with E-state index in [9.17, 15) is 4.79 Å². The average Bonchev–Trinajstić information content (AvgIpc) is 2.66. The van der Waals surface area contributed by atoms with Crippen LogP contribution in [0.1, 0.15) is 22.0 Å². The molecule has 0 unspecified atom stereocenters. The highest BCUT2D eigenvalue weighted by Crippen LogP contribution is 2.13. The third kappa shape index (κ3) is 2.53. The van der Waals surface area contributed by atoms with Crippen LogP contribution in [0.3, 0.4) is 0 Å². The Balaban J connectivity index is 2.26. The molecule has 0 atom stereocenters. The van der Waals surface area contributed by atoms with Crippen LogP contribution >= 0.6 is 11.3 Å². The molecule has 5 nitrogen and oxygen atoms in total. The van der Waals surface area contributed by atoms with Crippen LogP contribution < -0.4 is 10.3 Å². The molecule has 0 fully saturated rings. The first-order chi connectivity index (χ1) is 8.61. The van der Waals surface area contributed by atoms with Crippen molar-refractivity contribution in [2.45, 2.75) is 26.8 Å². The van der Waals surface area contributed by atoms with Crippen molar-refractivity contribution in [3.8, 4) is 0 Å². The molecule has 94 valence electrons.